The van der Waals surface area contributed by atoms with Gasteiger partial charge in [0, 0.05) is 11.8 Å². The zero-order chi connectivity index (χ0) is 9.10. The Morgan fingerprint density at radius 1 is 1.08 bits per heavy atom. The second-order valence-electron chi connectivity index (χ2n) is 3.87. The highest BCUT2D eigenvalue weighted by Crippen LogP contribution is 2.32. The van der Waals surface area contributed by atoms with Crippen LogP contribution in [0.4, 0.5) is 0 Å². The largest absolute Gasteiger partial charge is 0.299 e. The molecule has 13 heavy (non-hydrogen) atoms. The minimum Gasteiger partial charge on any atom is -0.299 e. The molecule has 69 valence electrons. The molecular weight excluding hydrogens is 160 g/mol. The smallest absolute Gasteiger partial charge is 0.143 e. The van der Waals surface area contributed by atoms with E-state index in [1.165, 1.54) is 19.3 Å². The standard InChI is InChI=1S/C12H15O/c13-12(11-8-4-5-9-11)10-6-2-1-3-7-10/h4-5,8-10H,1-3,6-7H2. The van der Waals surface area contributed by atoms with Gasteiger partial charge in [0.2, 0.25) is 0 Å². The Bertz CT molecular complexity index is 174. The van der Waals surface area contributed by atoms with Crippen LogP contribution in [0.15, 0.2) is 0 Å². The first kappa shape index (κ1) is 9.23. The summed E-state index contributed by atoms with van der Waals surface area (Å²) in [6.45, 7) is 0. The van der Waals surface area contributed by atoms with E-state index in [0.29, 0.717) is 11.7 Å². The Labute approximate surface area is 80.9 Å². The maximum absolute atomic E-state index is 11.9. The summed E-state index contributed by atoms with van der Waals surface area (Å²) in [5.41, 5.74) is 0. The van der Waals surface area contributed by atoms with Crippen LogP contribution >= 0.6 is 0 Å². The maximum Gasteiger partial charge on any atom is 0.143 e. The van der Waals surface area contributed by atoms with E-state index in [-0.39, 0.29) is 0 Å². The van der Waals surface area contributed by atoms with Crippen molar-refractivity contribution in [1.82, 2.24) is 0 Å². The monoisotopic (exact) mass is 175 g/mol. The van der Waals surface area contributed by atoms with Gasteiger partial charge in [0.1, 0.15) is 5.78 Å². The van der Waals surface area contributed by atoms with Crippen LogP contribution in [0.5, 0.6) is 0 Å². The number of Topliss-reactive ketones (excluding diaryl/α,β-unsaturated/α-hetero) is 1. The molecule has 0 saturated heterocycles. The summed E-state index contributed by atoms with van der Waals surface area (Å²) in [5, 5.41) is 0. The number of rotatable bonds is 2. The van der Waals surface area contributed by atoms with Crippen LogP contribution in [-0.4, -0.2) is 5.78 Å². The van der Waals surface area contributed by atoms with E-state index in [1.54, 1.807) is 0 Å². The number of hydrogen-bond donors (Lipinski definition) is 0. The first-order valence-electron chi connectivity index (χ1n) is 5.14. The van der Waals surface area contributed by atoms with Gasteiger partial charge < -0.3 is 0 Å². The van der Waals surface area contributed by atoms with Gasteiger partial charge in [0.15, 0.2) is 0 Å². The van der Waals surface area contributed by atoms with Crippen molar-refractivity contribution in [2.45, 2.75) is 32.1 Å². The van der Waals surface area contributed by atoms with E-state index in [0.717, 1.165) is 18.8 Å². The third kappa shape index (κ3) is 2.12. The highest BCUT2D eigenvalue weighted by Gasteiger charge is 2.30. The van der Waals surface area contributed by atoms with Crippen molar-refractivity contribution in [3.8, 4) is 0 Å². The summed E-state index contributed by atoms with van der Waals surface area (Å²) in [6, 6.07) is 0. The topological polar surface area (TPSA) is 17.1 Å². The molecule has 5 radical (unpaired) electrons. The lowest BCUT2D eigenvalue weighted by Crippen LogP contribution is -2.22. The highest BCUT2D eigenvalue weighted by molar-refractivity contribution is 5.99. The molecule has 2 aliphatic carbocycles. The molecule has 1 heteroatoms. The van der Waals surface area contributed by atoms with Crippen LogP contribution in [0.25, 0.3) is 0 Å². The molecule has 2 saturated carbocycles. The quantitative estimate of drug-likeness (QED) is 0.630. The Hall–Kier alpha value is -0.330. The summed E-state index contributed by atoms with van der Waals surface area (Å²) in [6.07, 6.45) is 13.7. The van der Waals surface area contributed by atoms with Gasteiger partial charge in [-0.25, -0.2) is 0 Å². The third-order valence-electron chi connectivity index (χ3n) is 2.92. The van der Waals surface area contributed by atoms with Gasteiger partial charge in [0.25, 0.3) is 0 Å². The molecule has 0 atom stereocenters. The van der Waals surface area contributed by atoms with E-state index < -0.39 is 0 Å². The molecule has 2 rings (SSSR count). The van der Waals surface area contributed by atoms with Gasteiger partial charge in [-0.15, -0.1) is 0 Å². The molecule has 1 nitrogen and oxygen atoms in total. The van der Waals surface area contributed by atoms with Gasteiger partial charge in [0.05, 0.1) is 0 Å². The van der Waals surface area contributed by atoms with E-state index in [4.69, 9.17) is 0 Å². The van der Waals surface area contributed by atoms with Crippen LogP contribution in [0.2, 0.25) is 0 Å². The number of ketones is 1. The first-order valence-corrected chi connectivity index (χ1v) is 5.14. The molecule has 0 aliphatic heterocycles. The molecule has 0 N–H and O–H groups in total. The van der Waals surface area contributed by atoms with E-state index in [1.807, 2.05) is 25.7 Å². The van der Waals surface area contributed by atoms with Crippen molar-refractivity contribution >= 4 is 5.78 Å². The average Bonchev–Trinajstić information content (AvgIpc) is 2.71. The fraction of sp³-hybridized carbons (Fsp3) is 0.500. The first-order chi connectivity index (χ1) is 6.38. The van der Waals surface area contributed by atoms with Gasteiger partial charge >= 0.3 is 0 Å². The molecule has 0 spiro atoms. The molecular formula is C12H15O. The summed E-state index contributed by atoms with van der Waals surface area (Å²) in [5.74, 6) is 1.59. The lowest BCUT2D eigenvalue weighted by molar-refractivity contribution is -0.121. The van der Waals surface area contributed by atoms with Gasteiger partial charge in [-0.3, -0.25) is 4.79 Å². The summed E-state index contributed by atoms with van der Waals surface area (Å²) < 4.78 is 0. The SMILES string of the molecule is O=C([C]1[CH][CH][CH][CH]1)C1CCCCC1. The van der Waals surface area contributed by atoms with Crippen molar-refractivity contribution in [3.05, 3.63) is 31.6 Å². The van der Waals surface area contributed by atoms with Crippen LogP contribution in [-0.2, 0) is 4.79 Å². The second-order valence-corrected chi connectivity index (χ2v) is 3.87. The fourth-order valence-corrected chi connectivity index (χ4v) is 2.14. The van der Waals surface area contributed by atoms with Crippen LogP contribution in [0.1, 0.15) is 32.1 Å². The van der Waals surface area contributed by atoms with Gasteiger partial charge in [-0.05, 0) is 38.5 Å². The lowest BCUT2D eigenvalue weighted by Gasteiger charge is -2.22. The Balaban J connectivity index is 1.87. The summed E-state index contributed by atoms with van der Waals surface area (Å²) in [4.78, 5) is 11.9. The average molecular weight is 175 g/mol. The minimum atomic E-state index is 0.316. The van der Waals surface area contributed by atoms with E-state index in [2.05, 4.69) is 0 Å². The van der Waals surface area contributed by atoms with Crippen molar-refractivity contribution < 1.29 is 4.79 Å². The number of carbonyl (C=O) groups excluding carboxylic acids is 1. The Morgan fingerprint density at radius 3 is 2.31 bits per heavy atom. The zero-order valence-electron chi connectivity index (χ0n) is 7.83. The Morgan fingerprint density at radius 2 is 1.69 bits per heavy atom. The molecule has 0 aromatic rings. The highest BCUT2D eigenvalue weighted by atomic mass is 16.1. The normalized spacial score (nSPS) is 26.5. The predicted molar refractivity (Wildman–Crippen MR) is 52.0 cm³/mol. The van der Waals surface area contributed by atoms with Crippen molar-refractivity contribution in [2.24, 2.45) is 5.92 Å². The molecule has 0 aromatic heterocycles. The predicted octanol–water partition coefficient (Wildman–Crippen LogP) is 2.54. The zero-order valence-corrected chi connectivity index (χ0v) is 7.83. The van der Waals surface area contributed by atoms with Crippen molar-refractivity contribution in [1.29, 1.82) is 0 Å². The Kier molecular flexibility index (Phi) is 3.02. The van der Waals surface area contributed by atoms with Crippen LogP contribution in [0.3, 0.4) is 0 Å². The van der Waals surface area contributed by atoms with E-state index >= 15 is 0 Å². The lowest BCUT2D eigenvalue weighted by atomic mass is 9.81. The molecule has 0 bridgehead atoms. The van der Waals surface area contributed by atoms with Gasteiger partial charge in [-0.2, -0.15) is 0 Å². The molecule has 0 unspecified atom stereocenters. The number of hydrogen-bond acceptors (Lipinski definition) is 1. The fourth-order valence-electron chi connectivity index (χ4n) is 2.14. The molecule has 0 amide bonds. The minimum absolute atomic E-state index is 0.316. The van der Waals surface area contributed by atoms with Crippen LogP contribution in [0, 0.1) is 37.5 Å². The number of carbonyl (C=O) groups is 1. The summed E-state index contributed by atoms with van der Waals surface area (Å²) in [7, 11) is 0. The molecule has 0 aromatic carbocycles. The third-order valence-corrected chi connectivity index (χ3v) is 2.92. The van der Waals surface area contributed by atoms with Crippen molar-refractivity contribution in [3.63, 3.8) is 0 Å². The van der Waals surface area contributed by atoms with Gasteiger partial charge in [-0.1, -0.05) is 19.3 Å². The van der Waals surface area contributed by atoms with E-state index in [9.17, 15) is 4.79 Å². The molecule has 0 heterocycles. The van der Waals surface area contributed by atoms with Crippen LogP contribution < -0.4 is 0 Å². The molecule has 2 aliphatic rings. The maximum atomic E-state index is 11.9. The second kappa shape index (κ2) is 4.26. The summed E-state index contributed by atoms with van der Waals surface area (Å²) >= 11 is 0. The molecule has 2 fully saturated rings. The van der Waals surface area contributed by atoms with Crippen molar-refractivity contribution in [2.75, 3.05) is 0 Å².